The van der Waals surface area contributed by atoms with Crippen LogP contribution in [0.1, 0.15) is 25.8 Å². The number of nitrogens with one attached hydrogen (secondary N) is 1. The Kier molecular flexibility index (Phi) is 5.55. The highest BCUT2D eigenvalue weighted by molar-refractivity contribution is 5.89. The normalized spacial score (nSPS) is 20.2. The Balaban J connectivity index is 2.10. The Bertz CT molecular complexity index is 516. The highest BCUT2D eigenvalue weighted by Gasteiger charge is 2.35. The molecule has 2 atom stereocenters. The number of carbonyl (C=O) groups excluding carboxylic acids is 2. The average Bonchev–Trinajstić information content (AvgIpc) is 2.48. The molecule has 0 aromatic heterocycles. The number of primary amides is 1. The van der Waals surface area contributed by atoms with Gasteiger partial charge in [-0.25, -0.2) is 0 Å². The van der Waals surface area contributed by atoms with Gasteiger partial charge in [0.05, 0.1) is 6.04 Å². The fraction of sp³-hybridized carbons (Fsp3) is 0.529. The number of hydrogen-bond donors (Lipinski definition) is 2. The minimum absolute atomic E-state index is 0.0282. The van der Waals surface area contributed by atoms with Crippen molar-refractivity contribution >= 4 is 11.8 Å². The van der Waals surface area contributed by atoms with Crippen molar-refractivity contribution in [2.45, 2.75) is 38.8 Å². The van der Waals surface area contributed by atoms with E-state index in [-0.39, 0.29) is 11.9 Å². The lowest BCUT2D eigenvalue weighted by Gasteiger charge is -2.38. The van der Waals surface area contributed by atoms with E-state index in [1.807, 2.05) is 44.2 Å². The summed E-state index contributed by atoms with van der Waals surface area (Å²) >= 11 is 0. The summed E-state index contributed by atoms with van der Waals surface area (Å²) in [6, 6.07) is 9.10. The third kappa shape index (κ3) is 4.07. The van der Waals surface area contributed by atoms with E-state index in [4.69, 9.17) is 5.73 Å². The summed E-state index contributed by atoms with van der Waals surface area (Å²) in [6.45, 7) is 5.28. The van der Waals surface area contributed by atoms with Gasteiger partial charge in [0.15, 0.2) is 0 Å². The zero-order valence-corrected chi connectivity index (χ0v) is 13.3. The average molecular weight is 303 g/mol. The van der Waals surface area contributed by atoms with Crippen LogP contribution in [-0.2, 0) is 16.0 Å². The van der Waals surface area contributed by atoms with Crippen LogP contribution in [0.25, 0.3) is 0 Å². The van der Waals surface area contributed by atoms with Crippen LogP contribution in [0.3, 0.4) is 0 Å². The summed E-state index contributed by atoms with van der Waals surface area (Å²) in [7, 11) is 0. The van der Waals surface area contributed by atoms with Crippen molar-refractivity contribution in [3.05, 3.63) is 35.9 Å². The molecule has 1 aliphatic rings. The minimum Gasteiger partial charge on any atom is -0.368 e. The molecule has 1 aliphatic heterocycles. The van der Waals surface area contributed by atoms with E-state index in [0.29, 0.717) is 31.8 Å². The third-order valence-corrected chi connectivity index (χ3v) is 4.01. The third-order valence-electron chi connectivity index (χ3n) is 4.01. The van der Waals surface area contributed by atoms with Crippen LogP contribution < -0.4 is 11.1 Å². The molecule has 0 aliphatic carbocycles. The van der Waals surface area contributed by atoms with Crippen LogP contribution in [0.5, 0.6) is 0 Å². The first-order valence-electron chi connectivity index (χ1n) is 7.86. The molecule has 0 saturated carbocycles. The number of amides is 2. The highest BCUT2D eigenvalue weighted by atomic mass is 16.2. The molecule has 0 bridgehead atoms. The predicted octanol–water partition coefficient (Wildman–Crippen LogP) is 0.930. The topological polar surface area (TPSA) is 75.4 Å². The second-order valence-electron chi connectivity index (χ2n) is 6.28. The zero-order chi connectivity index (χ0) is 16.1. The van der Waals surface area contributed by atoms with E-state index >= 15 is 0 Å². The first kappa shape index (κ1) is 16.5. The van der Waals surface area contributed by atoms with E-state index in [0.717, 1.165) is 5.56 Å². The molecule has 22 heavy (non-hydrogen) atoms. The maximum atomic E-state index is 12.7. The second kappa shape index (κ2) is 7.40. The van der Waals surface area contributed by atoms with Crippen molar-refractivity contribution in [3.8, 4) is 0 Å². The summed E-state index contributed by atoms with van der Waals surface area (Å²) in [6.07, 6.45) is 1.24. The number of hydrogen-bond acceptors (Lipinski definition) is 3. The summed E-state index contributed by atoms with van der Waals surface area (Å²) in [4.78, 5) is 26.1. The molecule has 3 N–H and O–H groups in total. The molecule has 1 aromatic carbocycles. The maximum absolute atomic E-state index is 12.7. The van der Waals surface area contributed by atoms with Crippen LogP contribution in [-0.4, -0.2) is 41.9 Å². The second-order valence-corrected chi connectivity index (χ2v) is 6.28. The maximum Gasteiger partial charge on any atom is 0.240 e. The van der Waals surface area contributed by atoms with Crippen molar-refractivity contribution in [2.24, 2.45) is 11.7 Å². The fourth-order valence-corrected chi connectivity index (χ4v) is 2.92. The molecule has 1 heterocycles. The first-order valence-corrected chi connectivity index (χ1v) is 7.86. The van der Waals surface area contributed by atoms with E-state index in [1.54, 1.807) is 4.90 Å². The van der Waals surface area contributed by atoms with Gasteiger partial charge >= 0.3 is 0 Å². The van der Waals surface area contributed by atoms with Gasteiger partial charge in [0.2, 0.25) is 11.8 Å². The first-order chi connectivity index (χ1) is 10.5. The molecule has 0 spiro atoms. The van der Waals surface area contributed by atoms with E-state index in [1.165, 1.54) is 0 Å². The standard InChI is InChI=1S/C17H25N3O2/c1-12(2)10-15(16(18)21)20-9-8-19-14(17(20)22)11-13-6-4-3-5-7-13/h3-7,12,14-15,19H,8-11H2,1-2H3,(H2,18,21)/t14-,15-/m0/s1. The lowest BCUT2D eigenvalue weighted by molar-refractivity contribution is -0.143. The Hall–Kier alpha value is -1.88. The van der Waals surface area contributed by atoms with Crippen molar-refractivity contribution in [2.75, 3.05) is 13.1 Å². The molecule has 5 heteroatoms. The number of benzene rings is 1. The molecular weight excluding hydrogens is 278 g/mol. The number of piperazine rings is 1. The number of nitrogens with two attached hydrogens (primary N) is 1. The van der Waals surface area contributed by atoms with Crippen molar-refractivity contribution in [3.63, 3.8) is 0 Å². The Morgan fingerprint density at radius 1 is 1.36 bits per heavy atom. The number of nitrogens with zero attached hydrogens (tertiary/aromatic N) is 1. The van der Waals surface area contributed by atoms with Crippen molar-refractivity contribution in [1.82, 2.24) is 10.2 Å². The number of rotatable bonds is 6. The highest BCUT2D eigenvalue weighted by Crippen LogP contribution is 2.16. The van der Waals surface area contributed by atoms with Crippen LogP contribution in [0.4, 0.5) is 0 Å². The molecule has 1 saturated heterocycles. The minimum atomic E-state index is -0.507. The molecule has 120 valence electrons. The van der Waals surface area contributed by atoms with Gasteiger partial charge in [0.1, 0.15) is 6.04 Å². The summed E-state index contributed by atoms with van der Waals surface area (Å²) < 4.78 is 0. The molecule has 5 nitrogen and oxygen atoms in total. The van der Waals surface area contributed by atoms with Crippen LogP contribution in [0.15, 0.2) is 30.3 Å². The number of carbonyl (C=O) groups is 2. The smallest absolute Gasteiger partial charge is 0.240 e. The molecule has 2 amide bonds. The van der Waals surface area contributed by atoms with Crippen LogP contribution >= 0.6 is 0 Å². The Morgan fingerprint density at radius 2 is 2.05 bits per heavy atom. The van der Waals surface area contributed by atoms with Crippen molar-refractivity contribution in [1.29, 1.82) is 0 Å². The van der Waals surface area contributed by atoms with E-state index in [2.05, 4.69) is 5.32 Å². The van der Waals surface area contributed by atoms with Crippen LogP contribution in [0.2, 0.25) is 0 Å². The quantitative estimate of drug-likeness (QED) is 0.821. The largest absolute Gasteiger partial charge is 0.368 e. The SMILES string of the molecule is CC(C)C[C@@H](C(N)=O)N1CCN[C@@H](Cc2ccccc2)C1=O. The lowest BCUT2D eigenvalue weighted by Crippen LogP contribution is -2.61. The Labute approximate surface area is 131 Å². The van der Waals surface area contributed by atoms with Gasteiger partial charge in [0, 0.05) is 13.1 Å². The zero-order valence-electron chi connectivity index (χ0n) is 13.3. The van der Waals surface area contributed by atoms with Crippen LogP contribution in [0, 0.1) is 5.92 Å². The molecule has 0 radical (unpaired) electrons. The fourth-order valence-electron chi connectivity index (χ4n) is 2.92. The van der Waals surface area contributed by atoms with Gasteiger partial charge in [-0.1, -0.05) is 44.2 Å². The van der Waals surface area contributed by atoms with Gasteiger partial charge < -0.3 is 16.0 Å². The lowest BCUT2D eigenvalue weighted by atomic mass is 9.98. The molecule has 1 fully saturated rings. The monoisotopic (exact) mass is 303 g/mol. The summed E-state index contributed by atoms with van der Waals surface area (Å²) in [5.74, 6) is -0.130. The molecule has 0 unspecified atom stereocenters. The van der Waals surface area contributed by atoms with E-state index in [9.17, 15) is 9.59 Å². The summed E-state index contributed by atoms with van der Waals surface area (Å²) in [5.41, 5.74) is 6.63. The van der Waals surface area contributed by atoms with Gasteiger partial charge in [0.25, 0.3) is 0 Å². The molecule has 2 rings (SSSR count). The Morgan fingerprint density at radius 3 is 2.64 bits per heavy atom. The molecular formula is C17H25N3O2. The molecule has 1 aromatic rings. The predicted molar refractivity (Wildman–Crippen MR) is 86.1 cm³/mol. The van der Waals surface area contributed by atoms with Gasteiger partial charge in [-0.15, -0.1) is 0 Å². The van der Waals surface area contributed by atoms with Gasteiger partial charge in [-0.05, 0) is 24.3 Å². The van der Waals surface area contributed by atoms with Gasteiger partial charge in [-0.3, -0.25) is 9.59 Å². The summed E-state index contributed by atoms with van der Waals surface area (Å²) in [5, 5.41) is 3.25. The van der Waals surface area contributed by atoms with Crippen molar-refractivity contribution < 1.29 is 9.59 Å². The van der Waals surface area contributed by atoms with Gasteiger partial charge in [-0.2, -0.15) is 0 Å². The van der Waals surface area contributed by atoms with E-state index < -0.39 is 11.9 Å².